The first-order valence-corrected chi connectivity index (χ1v) is 6.14. The first kappa shape index (κ1) is 14.2. The van der Waals surface area contributed by atoms with Gasteiger partial charge in [-0.1, -0.05) is 6.92 Å². The van der Waals surface area contributed by atoms with Gasteiger partial charge in [0.2, 0.25) is 5.91 Å². The maximum absolute atomic E-state index is 11.7. The maximum Gasteiger partial charge on any atom is 0.241 e. The zero-order valence-corrected chi connectivity index (χ0v) is 11.4. The van der Waals surface area contributed by atoms with E-state index in [1.807, 2.05) is 20.9 Å². The second-order valence-corrected chi connectivity index (χ2v) is 3.92. The van der Waals surface area contributed by atoms with E-state index in [1.165, 1.54) is 0 Å². The van der Waals surface area contributed by atoms with Crippen LogP contribution in [0.15, 0.2) is 6.07 Å². The Hall–Kier alpha value is -1.85. The smallest absolute Gasteiger partial charge is 0.241 e. The summed E-state index contributed by atoms with van der Waals surface area (Å²) >= 11 is 0. The van der Waals surface area contributed by atoms with Crippen molar-refractivity contribution in [3.05, 3.63) is 11.9 Å². The van der Waals surface area contributed by atoms with Crippen molar-refractivity contribution in [2.24, 2.45) is 0 Å². The molecular formula is C12H21N5O. The Morgan fingerprint density at radius 1 is 1.33 bits per heavy atom. The van der Waals surface area contributed by atoms with Crippen LogP contribution < -0.4 is 10.6 Å². The molecule has 0 aliphatic heterocycles. The lowest BCUT2D eigenvalue weighted by molar-refractivity contribution is -0.127. The Morgan fingerprint density at radius 2 is 2.00 bits per heavy atom. The van der Waals surface area contributed by atoms with Gasteiger partial charge in [0.25, 0.3) is 0 Å². The molecule has 6 heteroatoms. The van der Waals surface area contributed by atoms with E-state index in [1.54, 1.807) is 18.0 Å². The molecule has 0 radical (unpaired) electrons. The number of anilines is 2. The van der Waals surface area contributed by atoms with E-state index in [0.29, 0.717) is 12.4 Å². The molecule has 100 valence electrons. The quantitative estimate of drug-likeness (QED) is 0.788. The summed E-state index contributed by atoms with van der Waals surface area (Å²) in [6.07, 6.45) is 0.757. The molecule has 0 unspecified atom stereocenters. The third-order valence-corrected chi connectivity index (χ3v) is 2.67. The standard InChI is InChI=1S/C12H21N5O/c1-5-9-15-10(13-3)7-11(16-9)14-8-12(18)17(4)6-2/h7H,5-6,8H2,1-4H3,(H2,13,14,15,16). The number of nitrogens with zero attached hydrogens (tertiary/aromatic N) is 3. The van der Waals surface area contributed by atoms with Gasteiger partial charge in [0.1, 0.15) is 17.5 Å². The van der Waals surface area contributed by atoms with E-state index in [2.05, 4.69) is 20.6 Å². The van der Waals surface area contributed by atoms with Crippen LogP contribution in [0.25, 0.3) is 0 Å². The largest absolute Gasteiger partial charge is 0.373 e. The predicted octanol–water partition coefficient (Wildman–Crippen LogP) is 0.971. The van der Waals surface area contributed by atoms with E-state index < -0.39 is 0 Å². The molecule has 6 nitrogen and oxygen atoms in total. The number of likely N-dealkylation sites (N-methyl/N-ethyl adjacent to an activating group) is 1. The van der Waals surface area contributed by atoms with Crippen LogP contribution in [-0.4, -0.2) is 48.0 Å². The lowest BCUT2D eigenvalue weighted by Crippen LogP contribution is -2.32. The van der Waals surface area contributed by atoms with Crippen molar-refractivity contribution >= 4 is 17.5 Å². The molecule has 2 N–H and O–H groups in total. The van der Waals surface area contributed by atoms with E-state index in [4.69, 9.17) is 0 Å². The maximum atomic E-state index is 11.7. The molecule has 0 saturated carbocycles. The van der Waals surface area contributed by atoms with Crippen LogP contribution in [0.2, 0.25) is 0 Å². The lowest BCUT2D eigenvalue weighted by atomic mass is 10.4. The van der Waals surface area contributed by atoms with Crippen LogP contribution in [0.1, 0.15) is 19.7 Å². The topological polar surface area (TPSA) is 70.2 Å². The van der Waals surface area contributed by atoms with Gasteiger partial charge in [0, 0.05) is 33.1 Å². The van der Waals surface area contributed by atoms with Gasteiger partial charge in [-0.05, 0) is 6.92 Å². The van der Waals surface area contributed by atoms with E-state index in [-0.39, 0.29) is 12.5 Å². The van der Waals surface area contributed by atoms with Crippen molar-refractivity contribution in [1.29, 1.82) is 0 Å². The van der Waals surface area contributed by atoms with Crippen LogP contribution in [0.5, 0.6) is 0 Å². The Balaban J connectivity index is 2.69. The average molecular weight is 251 g/mol. The second-order valence-electron chi connectivity index (χ2n) is 3.92. The number of nitrogens with one attached hydrogen (secondary N) is 2. The van der Waals surface area contributed by atoms with Crippen LogP contribution in [0.4, 0.5) is 11.6 Å². The van der Waals surface area contributed by atoms with Gasteiger partial charge in [0.05, 0.1) is 6.54 Å². The van der Waals surface area contributed by atoms with Crippen LogP contribution in [0, 0.1) is 0 Å². The highest BCUT2D eigenvalue weighted by Crippen LogP contribution is 2.10. The highest BCUT2D eigenvalue weighted by Gasteiger charge is 2.07. The fourth-order valence-corrected chi connectivity index (χ4v) is 1.35. The highest BCUT2D eigenvalue weighted by molar-refractivity contribution is 5.80. The SMILES string of the molecule is CCc1nc(NC)cc(NCC(=O)N(C)CC)n1. The number of aryl methyl sites for hydroxylation is 1. The van der Waals surface area contributed by atoms with Crippen LogP contribution in [0.3, 0.4) is 0 Å². The molecule has 0 atom stereocenters. The number of aromatic nitrogens is 2. The second kappa shape index (κ2) is 6.78. The summed E-state index contributed by atoms with van der Waals surface area (Å²) in [7, 11) is 3.59. The van der Waals surface area contributed by atoms with Gasteiger partial charge < -0.3 is 15.5 Å². The Kier molecular flexibility index (Phi) is 5.35. The molecule has 0 aromatic carbocycles. The minimum atomic E-state index is 0.0418. The van der Waals surface area contributed by atoms with Gasteiger partial charge >= 0.3 is 0 Å². The van der Waals surface area contributed by atoms with Gasteiger partial charge in [-0.15, -0.1) is 0 Å². The zero-order chi connectivity index (χ0) is 13.5. The summed E-state index contributed by atoms with van der Waals surface area (Å²) in [5, 5.41) is 6.00. The minimum absolute atomic E-state index is 0.0418. The molecule has 1 amide bonds. The molecule has 0 saturated heterocycles. The highest BCUT2D eigenvalue weighted by atomic mass is 16.2. The molecule has 1 heterocycles. The van der Waals surface area contributed by atoms with Gasteiger partial charge in [-0.25, -0.2) is 9.97 Å². The first-order valence-electron chi connectivity index (χ1n) is 6.14. The third-order valence-electron chi connectivity index (χ3n) is 2.67. The summed E-state index contributed by atoms with van der Waals surface area (Å²) in [6, 6.07) is 1.79. The van der Waals surface area contributed by atoms with Crippen molar-refractivity contribution < 1.29 is 4.79 Å². The fraction of sp³-hybridized carbons (Fsp3) is 0.583. The molecule has 1 rings (SSSR count). The normalized spacial score (nSPS) is 10.0. The minimum Gasteiger partial charge on any atom is -0.373 e. The summed E-state index contributed by atoms with van der Waals surface area (Å²) in [5.74, 6) is 2.21. The molecule has 0 spiro atoms. The monoisotopic (exact) mass is 251 g/mol. The molecule has 0 bridgehead atoms. The molecular weight excluding hydrogens is 230 g/mol. The van der Waals surface area contributed by atoms with Gasteiger partial charge in [0.15, 0.2) is 0 Å². The molecule has 0 aliphatic rings. The van der Waals surface area contributed by atoms with E-state index in [0.717, 1.165) is 18.1 Å². The van der Waals surface area contributed by atoms with Crippen LogP contribution >= 0.6 is 0 Å². The molecule has 0 aliphatic carbocycles. The zero-order valence-electron chi connectivity index (χ0n) is 11.4. The number of carbonyl (C=O) groups is 1. The molecule has 1 aromatic heterocycles. The molecule has 1 aromatic rings. The van der Waals surface area contributed by atoms with Gasteiger partial charge in [-0.2, -0.15) is 0 Å². The number of amides is 1. The predicted molar refractivity (Wildman–Crippen MR) is 72.8 cm³/mol. The number of hydrogen-bond acceptors (Lipinski definition) is 5. The average Bonchev–Trinajstić information content (AvgIpc) is 2.43. The summed E-state index contributed by atoms with van der Waals surface area (Å²) in [6.45, 7) is 4.88. The van der Waals surface area contributed by atoms with Crippen LogP contribution in [-0.2, 0) is 11.2 Å². The van der Waals surface area contributed by atoms with E-state index in [9.17, 15) is 4.79 Å². The van der Waals surface area contributed by atoms with Gasteiger partial charge in [-0.3, -0.25) is 4.79 Å². The third kappa shape index (κ3) is 3.87. The fourth-order valence-electron chi connectivity index (χ4n) is 1.35. The number of rotatable bonds is 6. The molecule has 18 heavy (non-hydrogen) atoms. The summed E-state index contributed by atoms with van der Waals surface area (Å²) in [4.78, 5) is 21.9. The van der Waals surface area contributed by atoms with E-state index >= 15 is 0 Å². The van der Waals surface area contributed by atoms with Crippen molar-refractivity contribution in [3.63, 3.8) is 0 Å². The number of carbonyl (C=O) groups excluding carboxylic acids is 1. The van der Waals surface area contributed by atoms with Crippen molar-refractivity contribution in [3.8, 4) is 0 Å². The van der Waals surface area contributed by atoms with Crippen molar-refractivity contribution in [2.75, 3.05) is 37.8 Å². The summed E-state index contributed by atoms with van der Waals surface area (Å²) in [5.41, 5.74) is 0. The Labute approximate surface area is 108 Å². The lowest BCUT2D eigenvalue weighted by Gasteiger charge is -2.15. The Morgan fingerprint density at radius 3 is 2.56 bits per heavy atom. The molecule has 0 fully saturated rings. The summed E-state index contributed by atoms with van der Waals surface area (Å²) < 4.78 is 0. The first-order chi connectivity index (χ1) is 8.60. The number of hydrogen-bond donors (Lipinski definition) is 2. The van der Waals surface area contributed by atoms with Crippen molar-refractivity contribution in [2.45, 2.75) is 20.3 Å². The van der Waals surface area contributed by atoms with Crippen molar-refractivity contribution in [1.82, 2.24) is 14.9 Å². The Bertz CT molecular complexity index is 385.